The third-order valence-electron chi connectivity index (χ3n) is 3.20. The largest absolute Gasteiger partial charge is 0.479 e. The molecule has 14 nitrogen and oxygen atoms in total. The molecule has 0 aromatic carbocycles. The molecule has 0 amide bonds. The van der Waals surface area contributed by atoms with Crippen LogP contribution in [0.25, 0.3) is 0 Å². The Morgan fingerprint density at radius 3 is 1.07 bits per heavy atom. The standard InChI is InChI=1S/C8H18O2.2C4H6O6/c1-2-3-5-8(10)6-4-7-9;2*5-1(3(7)8)2(6)4(9)10/h8-10H,2-7H2,1H3;2*1-2,5-6H,(H,7,8)(H,9,10). The molecule has 0 aromatic heterocycles. The summed E-state index contributed by atoms with van der Waals surface area (Å²) in [6.07, 6.45) is -4.67. The van der Waals surface area contributed by atoms with E-state index in [0.29, 0.717) is 0 Å². The molecule has 5 unspecified atom stereocenters. The first kappa shape index (κ1) is 32.3. The molecular formula is C16H30O14. The molecule has 0 fully saturated rings. The molecule has 14 heteroatoms. The maximum Gasteiger partial charge on any atom is 0.335 e. The highest BCUT2D eigenvalue weighted by Gasteiger charge is 2.30. The lowest BCUT2D eigenvalue weighted by molar-refractivity contribution is -0.165. The van der Waals surface area contributed by atoms with E-state index in [1.54, 1.807) is 0 Å². The molecule has 0 spiro atoms. The zero-order chi connectivity index (χ0) is 24.4. The van der Waals surface area contributed by atoms with E-state index >= 15 is 0 Å². The maximum absolute atomic E-state index is 9.77. The Balaban J connectivity index is -0.000000364. The molecule has 5 atom stereocenters. The van der Waals surface area contributed by atoms with E-state index in [-0.39, 0.29) is 12.7 Å². The van der Waals surface area contributed by atoms with Crippen LogP contribution in [-0.2, 0) is 19.2 Å². The minimum Gasteiger partial charge on any atom is -0.479 e. The monoisotopic (exact) mass is 446 g/mol. The topological polar surface area (TPSA) is 271 Å². The second-order valence-electron chi connectivity index (χ2n) is 5.79. The Morgan fingerprint density at radius 1 is 0.600 bits per heavy atom. The fourth-order valence-electron chi connectivity index (χ4n) is 1.45. The molecule has 178 valence electrons. The second kappa shape index (κ2) is 18.7. The molecule has 10 N–H and O–H groups in total. The number of carboxylic acids is 4. The lowest BCUT2D eigenvalue weighted by Gasteiger charge is -2.07. The Kier molecular flexibility index (Phi) is 20.1. The summed E-state index contributed by atoms with van der Waals surface area (Å²) in [5.74, 6) is -7.07. The van der Waals surface area contributed by atoms with E-state index in [1.165, 1.54) is 0 Å². The van der Waals surface area contributed by atoms with Crippen LogP contribution in [0.2, 0.25) is 0 Å². The average Bonchev–Trinajstić information content (AvgIpc) is 2.68. The van der Waals surface area contributed by atoms with E-state index in [9.17, 15) is 24.3 Å². The lowest BCUT2D eigenvalue weighted by Crippen LogP contribution is -2.39. The van der Waals surface area contributed by atoms with Crippen molar-refractivity contribution in [3.05, 3.63) is 0 Å². The molecule has 0 radical (unpaired) electrons. The van der Waals surface area contributed by atoms with Crippen LogP contribution in [0.5, 0.6) is 0 Å². The molecule has 30 heavy (non-hydrogen) atoms. The van der Waals surface area contributed by atoms with Gasteiger partial charge in [0.2, 0.25) is 0 Å². The van der Waals surface area contributed by atoms with Gasteiger partial charge in [0.15, 0.2) is 24.4 Å². The predicted octanol–water partition coefficient (Wildman–Crippen LogP) is -2.94. The van der Waals surface area contributed by atoms with Crippen LogP contribution < -0.4 is 0 Å². The van der Waals surface area contributed by atoms with Crippen molar-refractivity contribution in [1.29, 1.82) is 0 Å². The first-order valence-electron chi connectivity index (χ1n) is 8.66. The van der Waals surface area contributed by atoms with Gasteiger partial charge in [0, 0.05) is 6.61 Å². The van der Waals surface area contributed by atoms with Gasteiger partial charge in [0.05, 0.1) is 6.10 Å². The number of aliphatic hydroxyl groups excluding tert-OH is 6. The Bertz CT molecular complexity index is 428. The van der Waals surface area contributed by atoms with Crippen molar-refractivity contribution in [3.63, 3.8) is 0 Å². The highest BCUT2D eigenvalue weighted by molar-refractivity contribution is 5.83. The van der Waals surface area contributed by atoms with E-state index < -0.39 is 48.3 Å². The molecule has 0 rings (SSSR count). The minimum absolute atomic E-state index is 0.188. The molecule has 0 heterocycles. The summed E-state index contributed by atoms with van der Waals surface area (Å²) in [7, 11) is 0. The van der Waals surface area contributed by atoms with E-state index in [2.05, 4.69) is 6.92 Å². The molecule has 0 aliphatic heterocycles. The van der Waals surface area contributed by atoms with Gasteiger partial charge >= 0.3 is 23.9 Å². The van der Waals surface area contributed by atoms with Crippen molar-refractivity contribution in [2.75, 3.05) is 6.61 Å². The van der Waals surface area contributed by atoms with Crippen molar-refractivity contribution in [2.24, 2.45) is 0 Å². The summed E-state index contributed by atoms with van der Waals surface area (Å²) in [6, 6.07) is 0. The normalized spacial score (nSPS) is 15.0. The summed E-state index contributed by atoms with van der Waals surface area (Å²) < 4.78 is 0. The van der Waals surface area contributed by atoms with Crippen molar-refractivity contribution in [2.45, 2.75) is 69.5 Å². The fraction of sp³-hybridized carbons (Fsp3) is 0.750. The highest BCUT2D eigenvalue weighted by Crippen LogP contribution is 2.05. The van der Waals surface area contributed by atoms with Gasteiger partial charge < -0.3 is 51.1 Å². The number of carboxylic acid groups (broad SMARTS) is 4. The van der Waals surface area contributed by atoms with Crippen molar-refractivity contribution in [1.82, 2.24) is 0 Å². The fourth-order valence-corrected chi connectivity index (χ4v) is 1.45. The number of hydrogen-bond donors (Lipinski definition) is 10. The van der Waals surface area contributed by atoms with E-state index in [0.717, 1.165) is 32.1 Å². The van der Waals surface area contributed by atoms with Crippen LogP contribution in [0.4, 0.5) is 0 Å². The van der Waals surface area contributed by atoms with Crippen LogP contribution in [0, 0.1) is 0 Å². The van der Waals surface area contributed by atoms with Gasteiger partial charge in [0.25, 0.3) is 0 Å². The maximum atomic E-state index is 9.77. The molecule has 0 aliphatic rings. The summed E-state index contributed by atoms with van der Waals surface area (Å²) in [4.78, 5) is 39.1. The summed E-state index contributed by atoms with van der Waals surface area (Å²) in [5, 5.41) is 82.7. The van der Waals surface area contributed by atoms with Crippen LogP contribution in [0.1, 0.15) is 39.0 Å². The highest BCUT2D eigenvalue weighted by atomic mass is 16.4. The quantitative estimate of drug-likeness (QED) is 0.144. The third kappa shape index (κ3) is 17.7. The Hall–Kier alpha value is -2.36. The number of hydrogen-bond acceptors (Lipinski definition) is 10. The minimum atomic E-state index is -2.27. The zero-order valence-corrected chi connectivity index (χ0v) is 16.2. The smallest absolute Gasteiger partial charge is 0.335 e. The summed E-state index contributed by atoms with van der Waals surface area (Å²) >= 11 is 0. The van der Waals surface area contributed by atoms with Crippen LogP contribution in [0.15, 0.2) is 0 Å². The predicted molar refractivity (Wildman–Crippen MR) is 96.4 cm³/mol. The van der Waals surface area contributed by atoms with Crippen LogP contribution in [-0.4, -0.2) is 112 Å². The van der Waals surface area contributed by atoms with Gasteiger partial charge in [0.1, 0.15) is 0 Å². The van der Waals surface area contributed by atoms with Gasteiger partial charge in [-0.2, -0.15) is 0 Å². The number of carbonyl (C=O) groups is 4. The average molecular weight is 446 g/mol. The zero-order valence-electron chi connectivity index (χ0n) is 16.2. The Morgan fingerprint density at radius 2 is 0.867 bits per heavy atom. The number of unbranched alkanes of at least 4 members (excludes halogenated alkanes) is 1. The van der Waals surface area contributed by atoms with Crippen LogP contribution >= 0.6 is 0 Å². The van der Waals surface area contributed by atoms with Gasteiger partial charge in [-0.1, -0.05) is 19.8 Å². The number of rotatable bonds is 12. The summed E-state index contributed by atoms with van der Waals surface area (Å²) in [6.45, 7) is 2.31. The summed E-state index contributed by atoms with van der Waals surface area (Å²) in [5.41, 5.74) is 0. The number of aliphatic carboxylic acids is 4. The molecule has 0 bridgehead atoms. The molecule has 0 saturated heterocycles. The number of aliphatic hydroxyl groups is 6. The molecular weight excluding hydrogens is 416 g/mol. The van der Waals surface area contributed by atoms with Crippen molar-refractivity contribution in [3.8, 4) is 0 Å². The van der Waals surface area contributed by atoms with Crippen molar-refractivity contribution < 1.29 is 70.2 Å². The molecule has 0 saturated carbocycles. The van der Waals surface area contributed by atoms with Gasteiger partial charge in [-0.05, 0) is 19.3 Å². The lowest BCUT2D eigenvalue weighted by atomic mass is 10.1. The van der Waals surface area contributed by atoms with Gasteiger partial charge in [-0.15, -0.1) is 0 Å². The van der Waals surface area contributed by atoms with Gasteiger partial charge in [-0.25, -0.2) is 19.2 Å². The molecule has 0 aromatic rings. The van der Waals surface area contributed by atoms with E-state index in [1.807, 2.05) is 0 Å². The third-order valence-corrected chi connectivity index (χ3v) is 3.20. The second-order valence-corrected chi connectivity index (χ2v) is 5.79. The first-order chi connectivity index (χ1) is 13.7. The SMILES string of the molecule is CCCCC(O)CCCO.O=C(O)C(O)C(O)C(=O)O.O=C(O)C(O)C(O)C(=O)O. The Labute approximate surface area is 171 Å². The van der Waals surface area contributed by atoms with Crippen molar-refractivity contribution >= 4 is 23.9 Å². The first-order valence-corrected chi connectivity index (χ1v) is 8.66. The van der Waals surface area contributed by atoms with E-state index in [4.69, 9.17) is 46.0 Å². The van der Waals surface area contributed by atoms with Gasteiger partial charge in [-0.3, -0.25) is 0 Å². The van der Waals surface area contributed by atoms with Crippen LogP contribution in [0.3, 0.4) is 0 Å². The molecule has 0 aliphatic carbocycles.